The van der Waals surface area contributed by atoms with Crippen LogP contribution in [0.2, 0.25) is 0 Å². The Morgan fingerprint density at radius 1 is 1.50 bits per heavy atom. The number of alkyl halides is 1. The molecule has 0 amide bonds. The fourth-order valence-electron chi connectivity index (χ4n) is 0. The molecule has 0 rings (SSSR count). The topological polar surface area (TPSA) is 40.1 Å². The Kier molecular flexibility index (Phi) is 45.0. The maximum Gasteiger partial charge on any atom is 1.00 e. The molecule has 2 nitrogen and oxygen atoms in total. The molecule has 0 N–H and O–H groups in total. The van der Waals surface area contributed by atoms with E-state index in [1.165, 1.54) is 0 Å². The van der Waals surface area contributed by atoms with Crippen LogP contribution in [0.4, 0.5) is 0 Å². The molecule has 0 aliphatic rings. The van der Waals surface area contributed by atoms with Crippen molar-refractivity contribution in [3.05, 3.63) is 0 Å². The minimum Gasteiger partial charge on any atom is -1.00 e. The van der Waals surface area contributed by atoms with Crippen molar-refractivity contribution in [1.29, 1.82) is 0 Å². The van der Waals surface area contributed by atoms with Gasteiger partial charge in [0.25, 0.3) is 0 Å². The van der Waals surface area contributed by atoms with E-state index in [0.29, 0.717) is 0 Å². The molecule has 0 aliphatic heterocycles. The number of carbonyl (C=O) groups is 1. The van der Waals surface area contributed by atoms with Crippen LogP contribution in [0.1, 0.15) is 0 Å². The maximum atomic E-state index is 9.12. The molecule has 0 unspecified atom stereocenters. The van der Waals surface area contributed by atoms with E-state index in [4.69, 9.17) is 9.90 Å². The number of carboxylic acids is 1. The first-order valence-corrected chi connectivity index (χ1v) is 1.56. The number of carboxylic acid groups (broad SMARTS) is 1. The van der Waals surface area contributed by atoms with Gasteiger partial charge >= 0.3 is 59.1 Å². The Balaban J connectivity index is -0.0000000267. The second-order valence-electron chi connectivity index (χ2n) is 0.506. The minimum absolute atomic E-state index is 0. The molecule has 0 aromatic carbocycles. The molecular formula is C2H2Cl2Na2O2. The Bertz CT molecular complexity index is 51.3. The second-order valence-corrected chi connectivity index (χ2v) is 0.773. The largest absolute Gasteiger partial charge is 1.00 e. The van der Waals surface area contributed by atoms with Crippen molar-refractivity contribution in [2.24, 2.45) is 0 Å². The zero-order valence-electron chi connectivity index (χ0n) is 4.78. The van der Waals surface area contributed by atoms with Crippen LogP contribution in [0.3, 0.4) is 0 Å². The van der Waals surface area contributed by atoms with Gasteiger partial charge in [-0.05, 0) is 0 Å². The van der Waals surface area contributed by atoms with Crippen molar-refractivity contribution in [3.8, 4) is 0 Å². The monoisotopic (exact) mass is 174 g/mol. The van der Waals surface area contributed by atoms with Crippen LogP contribution in [0.25, 0.3) is 0 Å². The van der Waals surface area contributed by atoms with Crippen LogP contribution < -0.4 is 76.6 Å². The van der Waals surface area contributed by atoms with Gasteiger partial charge in [0.05, 0.1) is 11.8 Å². The second kappa shape index (κ2) is 16.0. The molecule has 0 aromatic rings. The predicted molar refractivity (Wildman–Crippen MR) is 15.7 cm³/mol. The summed E-state index contributed by atoms with van der Waals surface area (Å²) in [5, 5.41) is 9.12. The van der Waals surface area contributed by atoms with Gasteiger partial charge in [-0.25, -0.2) is 0 Å². The third-order valence-electron chi connectivity index (χ3n) is 0.109. The normalized spacial score (nSPS) is 4.62. The number of carbonyl (C=O) groups excluding carboxylic acids is 1. The number of halogens is 2. The molecule has 6 heteroatoms. The van der Waals surface area contributed by atoms with Crippen molar-refractivity contribution in [2.45, 2.75) is 0 Å². The van der Waals surface area contributed by atoms with Gasteiger partial charge in [-0.3, -0.25) is 0 Å². The van der Waals surface area contributed by atoms with E-state index in [1.807, 2.05) is 0 Å². The molecular weight excluding hydrogens is 173 g/mol. The molecule has 0 aromatic heterocycles. The van der Waals surface area contributed by atoms with Crippen LogP contribution in [-0.2, 0) is 4.79 Å². The molecule has 0 saturated heterocycles. The quantitative estimate of drug-likeness (QED) is 0.293. The van der Waals surface area contributed by atoms with E-state index >= 15 is 0 Å². The number of rotatable bonds is 1. The number of hydrogen-bond donors (Lipinski definition) is 0. The SMILES string of the molecule is O=C([O-])CCl.[Cl-].[Na+].[Na+]. The first-order chi connectivity index (χ1) is 2.27. The van der Waals surface area contributed by atoms with E-state index < -0.39 is 11.8 Å². The maximum absolute atomic E-state index is 9.12. The molecule has 0 spiro atoms. The van der Waals surface area contributed by atoms with Gasteiger partial charge in [-0.1, -0.05) is 0 Å². The van der Waals surface area contributed by atoms with Crippen LogP contribution in [0.15, 0.2) is 0 Å². The standard InChI is InChI=1S/C2H3ClO2.ClH.2Na/c3-1-2(4)5;;;/h1H2,(H,4,5);1H;;/q;;2*+1/p-2. The van der Waals surface area contributed by atoms with E-state index in [1.54, 1.807) is 0 Å². The van der Waals surface area contributed by atoms with E-state index in [-0.39, 0.29) is 71.5 Å². The van der Waals surface area contributed by atoms with Gasteiger partial charge in [0, 0.05) is 0 Å². The number of aliphatic carboxylic acids is 1. The molecule has 0 fully saturated rings. The van der Waals surface area contributed by atoms with Gasteiger partial charge in [0.1, 0.15) is 0 Å². The summed E-state index contributed by atoms with van der Waals surface area (Å²) in [5.74, 6) is -1.65. The third kappa shape index (κ3) is 24.4. The van der Waals surface area contributed by atoms with Crippen LogP contribution >= 0.6 is 11.6 Å². The summed E-state index contributed by atoms with van der Waals surface area (Å²) in [6, 6.07) is 0. The Hall–Kier alpha value is 2.05. The predicted octanol–water partition coefficient (Wildman–Crippen LogP) is -10.0. The van der Waals surface area contributed by atoms with Gasteiger partial charge < -0.3 is 22.3 Å². The Morgan fingerprint density at radius 2 is 1.62 bits per heavy atom. The van der Waals surface area contributed by atoms with Crippen molar-refractivity contribution in [1.82, 2.24) is 0 Å². The van der Waals surface area contributed by atoms with Crippen molar-refractivity contribution in [3.63, 3.8) is 0 Å². The van der Waals surface area contributed by atoms with Crippen molar-refractivity contribution in [2.75, 3.05) is 5.88 Å². The molecule has 0 atom stereocenters. The Labute approximate surface area is 103 Å². The van der Waals surface area contributed by atoms with Gasteiger partial charge in [0.15, 0.2) is 0 Å². The average Bonchev–Trinajstić information content (AvgIpc) is 1.38. The fourth-order valence-corrected chi connectivity index (χ4v) is 0. The summed E-state index contributed by atoms with van der Waals surface area (Å²) in [6.45, 7) is 0. The van der Waals surface area contributed by atoms with Gasteiger partial charge in [-0.15, -0.1) is 11.6 Å². The molecule has 0 bridgehead atoms. The van der Waals surface area contributed by atoms with Crippen LogP contribution in [-0.4, -0.2) is 11.8 Å². The molecule has 0 heterocycles. The molecule has 0 radical (unpaired) electrons. The van der Waals surface area contributed by atoms with Gasteiger partial charge in [0.2, 0.25) is 0 Å². The van der Waals surface area contributed by atoms with Crippen LogP contribution in [0.5, 0.6) is 0 Å². The Morgan fingerprint density at radius 3 is 1.62 bits per heavy atom. The first kappa shape index (κ1) is 22.5. The summed E-state index contributed by atoms with van der Waals surface area (Å²) < 4.78 is 0. The first-order valence-electron chi connectivity index (χ1n) is 1.03. The zero-order valence-corrected chi connectivity index (χ0v) is 10.3. The summed E-state index contributed by atoms with van der Waals surface area (Å²) in [5.41, 5.74) is 0. The summed E-state index contributed by atoms with van der Waals surface area (Å²) in [7, 11) is 0. The third-order valence-corrected chi connectivity index (χ3v) is 0.327. The fraction of sp³-hybridized carbons (Fsp3) is 0.500. The molecule has 38 valence electrons. The van der Waals surface area contributed by atoms with E-state index in [9.17, 15) is 0 Å². The minimum atomic E-state index is -1.23. The summed E-state index contributed by atoms with van der Waals surface area (Å²) >= 11 is 4.67. The van der Waals surface area contributed by atoms with Crippen molar-refractivity contribution >= 4 is 17.6 Å². The van der Waals surface area contributed by atoms with E-state index in [0.717, 1.165) is 0 Å². The smallest absolute Gasteiger partial charge is 1.00 e. The van der Waals surface area contributed by atoms with Crippen molar-refractivity contribution < 1.29 is 81.4 Å². The summed E-state index contributed by atoms with van der Waals surface area (Å²) in [4.78, 5) is 9.12. The van der Waals surface area contributed by atoms with Gasteiger partial charge in [-0.2, -0.15) is 0 Å². The summed E-state index contributed by atoms with van der Waals surface area (Å²) in [6.07, 6.45) is 0. The molecule has 8 heavy (non-hydrogen) atoms. The zero-order chi connectivity index (χ0) is 4.28. The average molecular weight is 175 g/mol. The number of hydrogen-bond acceptors (Lipinski definition) is 2. The molecule has 0 saturated carbocycles. The van der Waals surface area contributed by atoms with Crippen LogP contribution in [0, 0.1) is 0 Å². The van der Waals surface area contributed by atoms with E-state index in [2.05, 4.69) is 11.6 Å². The molecule has 0 aliphatic carbocycles.